The number of aromatic nitrogens is 8. The minimum absolute atomic E-state index is 0.00824. The van der Waals surface area contributed by atoms with E-state index in [0.29, 0.717) is 44.3 Å². The van der Waals surface area contributed by atoms with Crippen LogP contribution in [0.1, 0.15) is 47.3 Å². The highest BCUT2D eigenvalue weighted by Crippen LogP contribution is 2.28. The van der Waals surface area contributed by atoms with Gasteiger partial charge in [0.2, 0.25) is 5.89 Å². The van der Waals surface area contributed by atoms with Crippen LogP contribution >= 0.6 is 31.9 Å². The molecule has 0 unspecified atom stereocenters. The van der Waals surface area contributed by atoms with Gasteiger partial charge in [-0.1, -0.05) is 52.3 Å². The smallest absolute Gasteiger partial charge is 0.360 e. The fourth-order valence-electron chi connectivity index (χ4n) is 5.35. The minimum Gasteiger partial charge on any atom is -0.464 e. The molecule has 334 valence electrons. The summed E-state index contributed by atoms with van der Waals surface area (Å²) in [6.07, 6.45) is 4.42. The summed E-state index contributed by atoms with van der Waals surface area (Å²) in [6, 6.07) is 21.7. The van der Waals surface area contributed by atoms with Crippen molar-refractivity contribution in [2.45, 2.75) is 5.33 Å². The third-order valence-electron chi connectivity index (χ3n) is 8.75. The molecule has 3 aromatic carbocycles. The molecule has 0 aliphatic carbocycles. The highest BCUT2D eigenvalue weighted by atomic mass is 79.9. The summed E-state index contributed by atoms with van der Waals surface area (Å²) >= 11 is 6.48. The third kappa shape index (κ3) is 12.2. The number of amides is 3. The first kappa shape index (κ1) is 48.3. The number of anilines is 3. The molecule has 65 heavy (non-hydrogen) atoms. The number of esters is 1. The summed E-state index contributed by atoms with van der Waals surface area (Å²) < 4.78 is 10.7. The Kier molecular flexibility index (Phi) is 16.4. The van der Waals surface area contributed by atoms with Gasteiger partial charge in [-0.3, -0.25) is 19.8 Å². The van der Waals surface area contributed by atoms with Gasteiger partial charge >= 0.3 is 5.97 Å². The second kappa shape index (κ2) is 22.0. The van der Waals surface area contributed by atoms with Gasteiger partial charge in [0, 0.05) is 61.3 Å². The topological polar surface area (TPSA) is 316 Å². The highest BCUT2D eigenvalue weighted by molar-refractivity contribution is 9.10. The van der Waals surface area contributed by atoms with Crippen molar-refractivity contribution >= 4 is 73.0 Å². The van der Waals surface area contributed by atoms with E-state index in [4.69, 9.17) is 27.5 Å². The minimum atomic E-state index is -0.619. The number of ether oxygens (including phenoxy) is 1. The van der Waals surface area contributed by atoms with Gasteiger partial charge in [0.1, 0.15) is 4.60 Å². The zero-order valence-electron chi connectivity index (χ0n) is 35.4. The number of methoxy groups -OCH3 is 1. The van der Waals surface area contributed by atoms with Gasteiger partial charge in [-0.05, 0) is 57.9 Å². The van der Waals surface area contributed by atoms with Crippen LogP contribution in [-0.4, -0.2) is 109 Å². The summed E-state index contributed by atoms with van der Waals surface area (Å²) in [5, 5.41) is 8.98. The zero-order chi connectivity index (χ0) is 47.4. The first-order chi connectivity index (χ1) is 31.0. The Labute approximate surface area is 388 Å². The van der Waals surface area contributed by atoms with Crippen LogP contribution in [0.2, 0.25) is 0 Å². The Morgan fingerprint density at radius 2 is 1.12 bits per heavy atom. The van der Waals surface area contributed by atoms with Gasteiger partial charge in [0.15, 0.2) is 34.5 Å². The van der Waals surface area contributed by atoms with Crippen LogP contribution < -0.4 is 28.5 Å². The van der Waals surface area contributed by atoms with E-state index in [1.54, 1.807) is 70.8 Å². The molecule has 0 bridgehead atoms. The molecule has 4 heterocycles. The predicted octanol–water partition coefficient (Wildman–Crippen LogP) is 4.68. The van der Waals surface area contributed by atoms with Crippen molar-refractivity contribution in [2.24, 2.45) is 5.84 Å². The van der Waals surface area contributed by atoms with Crippen molar-refractivity contribution in [3.8, 4) is 45.6 Å². The van der Waals surface area contributed by atoms with Crippen LogP contribution in [0.5, 0.6) is 0 Å². The van der Waals surface area contributed by atoms with Gasteiger partial charge in [0.25, 0.3) is 23.6 Å². The average molecular weight is 1010 g/mol. The normalized spacial score (nSPS) is 10.3. The number of benzene rings is 3. The predicted molar refractivity (Wildman–Crippen MR) is 248 cm³/mol. The quantitative estimate of drug-likeness (QED) is 0.0431. The van der Waals surface area contributed by atoms with Crippen LogP contribution in [-0.2, 0) is 10.1 Å². The summed E-state index contributed by atoms with van der Waals surface area (Å²) in [5.41, 5.74) is 24.8. The van der Waals surface area contributed by atoms with Crippen molar-refractivity contribution in [1.82, 2.24) is 55.3 Å². The van der Waals surface area contributed by atoms with Crippen molar-refractivity contribution in [1.29, 1.82) is 0 Å². The van der Waals surface area contributed by atoms with E-state index < -0.39 is 11.9 Å². The van der Waals surface area contributed by atoms with E-state index in [-0.39, 0.29) is 46.5 Å². The van der Waals surface area contributed by atoms with Gasteiger partial charge in [-0.25, -0.2) is 40.5 Å². The molecule has 23 heteroatoms. The van der Waals surface area contributed by atoms with E-state index in [1.165, 1.54) is 29.3 Å². The number of hydrogen-bond donors (Lipinski definition) is 5. The summed E-state index contributed by atoms with van der Waals surface area (Å²) in [4.78, 5) is 73.9. The fraction of sp³-hybridized carbons (Fsp3) is 0.143. The summed E-state index contributed by atoms with van der Waals surface area (Å²) in [5.74, 6) is 4.49. The van der Waals surface area contributed by atoms with E-state index in [0.717, 1.165) is 22.0 Å². The largest absolute Gasteiger partial charge is 0.464 e. The number of nitrogens with two attached hydrogens (primary N) is 4. The second-order valence-electron chi connectivity index (χ2n) is 13.7. The number of nitrogen functional groups attached to an aromatic ring is 4. The maximum atomic E-state index is 12.1. The molecule has 0 aliphatic rings. The number of nitrogens with zero attached hydrogens (tertiary/aromatic N) is 10. The van der Waals surface area contributed by atoms with Crippen molar-refractivity contribution in [3.05, 3.63) is 124 Å². The standard InChI is InChI=1S/C22H19BrN6O2.C14H16N6O2.C6H6BrN3O2/c1-29(2)22(30)16-9-7-14(8-10-16)17-12-25-19(24)18(26-17)21-28-27-20(31-21)15-5-3-13(11-23)4-6-15;1-20(2)14(22)9-5-3-8(4-6-9)10-7-17-12(15)11(18-10)13(21)19-16;1-12-6(11)4-5(8)9-2-3(7)10-4/h3-10,12H,11H2,1-2H3,(H2,24,25);3-7H,16H2,1-2H3,(H2,15,17)(H,19,21);2H,1H3,(H2,8,9). The molecular weight excluding hydrogens is 970 g/mol. The number of alkyl halides is 1. The number of rotatable bonds is 9. The van der Waals surface area contributed by atoms with Crippen LogP contribution in [0, 0.1) is 0 Å². The first-order valence-corrected chi connectivity index (χ1v) is 20.7. The molecule has 0 fully saturated rings. The number of nitrogens with one attached hydrogen (secondary N) is 1. The maximum absolute atomic E-state index is 12.1. The Bertz CT molecular complexity index is 2810. The summed E-state index contributed by atoms with van der Waals surface area (Å²) in [7, 11) is 8.04. The lowest BCUT2D eigenvalue weighted by atomic mass is 10.1. The number of halogens is 2. The number of carbonyl (C=O) groups is 4. The lowest BCUT2D eigenvalue weighted by Crippen LogP contribution is -2.31. The van der Waals surface area contributed by atoms with Gasteiger partial charge in [-0.2, -0.15) is 0 Å². The molecule has 0 aliphatic heterocycles. The first-order valence-electron chi connectivity index (χ1n) is 18.8. The van der Waals surface area contributed by atoms with Crippen LogP contribution in [0.15, 0.2) is 100 Å². The number of carbonyl (C=O) groups excluding carboxylic acids is 4. The molecule has 7 aromatic rings. The van der Waals surface area contributed by atoms with Gasteiger partial charge < -0.3 is 36.2 Å². The molecular formula is C42H41Br2N15O6. The molecule has 0 saturated carbocycles. The van der Waals surface area contributed by atoms with E-state index >= 15 is 0 Å². The Morgan fingerprint density at radius 3 is 1.63 bits per heavy atom. The fourth-order valence-corrected chi connectivity index (χ4v) is 6.00. The molecule has 9 N–H and O–H groups in total. The molecule has 4 aromatic heterocycles. The Balaban J connectivity index is 0.000000203. The van der Waals surface area contributed by atoms with E-state index in [9.17, 15) is 19.2 Å². The Hall–Kier alpha value is -7.76. The lowest BCUT2D eigenvalue weighted by Gasteiger charge is -2.10. The second-order valence-corrected chi connectivity index (χ2v) is 15.0. The van der Waals surface area contributed by atoms with Gasteiger partial charge in [0.05, 0.1) is 37.1 Å². The van der Waals surface area contributed by atoms with Crippen molar-refractivity contribution in [3.63, 3.8) is 0 Å². The zero-order valence-corrected chi connectivity index (χ0v) is 38.5. The van der Waals surface area contributed by atoms with E-state index in [1.807, 2.05) is 41.8 Å². The maximum Gasteiger partial charge on any atom is 0.360 e. The van der Waals surface area contributed by atoms with Crippen molar-refractivity contribution < 1.29 is 28.3 Å². The average Bonchev–Trinajstić information content (AvgIpc) is 3.82. The SMILES string of the molecule is CN(C)C(=O)c1ccc(-c2cnc(N)c(-c3nnc(-c4ccc(CBr)cc4)o3)n2)cc1.CN(C)C(=O)c1ccc(-c2cnc(N)c(C(=O)NN)n2)cc1.COC(=O)c1nc(Br)cnc1N. The Morgan fingerprint density at radius 1 is 0.646 bits per heavy atom. The molecule has 0 spiro atoms. The van der Waals surface area contributed by atoms with E-state index in [2.05, 4.69) is 76.7 Å². The molecule has 3 amide bonds. The van der Waals surface area contributed by atoms with Crippen LogP contribution in [0.3, 0.4) is 0 Å². The lowest BCUT2D eigenvalue weighted by molar-refractivity contribution is 0.0594. The highest BCUT2D eigenvalue weighted by Gasteiger charge is 2.18. The van der Waals surface area contributed by atoms with Crippen LogP contribution in [0.4, 0.5) is 17.5 Å². The number of hydrazine groups is 1. The number of hydrogen-bond acceptors (Lipinski definition) is 18. The molecule has 0 atom stereocenters. The summed E-state index contributed by atoms with van der Waals surface area (Å²) in [6.45, 7) is 0. The van der Waals surface area contributed by atoms with Gasteiger partial charge in [-0.15, -0.1) is 10.2 Å². The van der Waals surface area contributed by atoms with Crippen LogP contribution in [0.25, 0.3) is 45.6 Å². The van der Waals surface area contributed by atoms with Crippen molar-refractivity contribution in [2.75, 3.05) is 52.5 Å². The molecule has 21 nitrogen and oxygen atoms in total. The third-order valence-corrected chi connectivity index (χ3v) is 9.78. The molecule has 0 saturated heterocycles. The molecule has 7 rings (SSSR count). The molecule has 0 radical (unpaired) electrons. The monoisotopic (exact) mass is 1010 g/mol.